The summed E-state index contributed by atoms with van der Waals surface area (Å²) in [4.78, 5) is 0. The maximum absolute atomic E-state index is 3.60. The van der Waals surface area contributed by atoms with Gasteiger partial charge in [0, 0.05) is 0 Å². The maximum atomic E-state index is 3.60. The van der Waals surface area contributed by atoms with E-state index in [-0.39, 0.29) is 19.5 Å². The first-order valence-electron chi connectivity index (χ1n) is 5.88. The summed E-state index contributed by atoms with van der Waals surface area (Å²) in [7, 11) is 0. The van der Waals surface area contributed by atoms with Gasteiger partial charge in [0.2, 0.25) is 0 Å². The number of rotatable bonds is 2. The molecule has 0 saturated heterocycles. The minimum absolute atomic E-state index is 0. The monoisotopic (exact) mass is 298 g/mol. The SMILES string of the molecule is [CH2-]/C=C/c1ccccc1.[CH2-]/C=C/c1ccccc1.[Zn+2]. The Kier molecular flexibility index (Phi) is 10.4. The minimum atomic E-state index is 0. The van der Waals surface area contributed by atoms with Crippen molar-refractivity contribution < 1.29 is 19.5 Å². The van der Waals surface area contributed by atoms with Crippen LogP contribution in [0.4, 0.5) is 0 Å². The fraction of sp³-hybridized carbons (Fsp3) is 0. The third-order valence-corrected chi connectivity index (χ3v) is 2.22. The van der Waals surface area contributed by atoms with Crippen molar-refractivity contribution in [3.05, 3.63) is 97.8 Å². The van der Waals surface area contributed by atoms with E-state index in [9.17, 15) is 0 Å². The Bertz CT molecular complexity index is 422. The molecule has 2 aromatic carbocycles. The van der Waals surface area contributed by atoms with Crippen LogP contribution in [-0.4, -0.2) is 0 Å². The number of benzene rings is 2. The summed E-state index contributed by atoms with van der Waals surface area (Å²) >= 11 is 0. The van der Waals surface area contributed by atoms with E-state index < -0.39 is 0 Å². The molecule has 0 nitrogen and oxygen atoms in total. The molecule has 0 aromatic heterocycles. The summed E-state index contributed by atoms with van der Waals surface area (Å²) in [6.07, 6.45) is 7.52. The molecule has 0 saturated carbocycles. The van der Waals surface area contributed by atoms with Crippen molar-refractivity contribution >= 4 is 12.2 Å². The number of hydrogen-bond donors (Lipinski definition) is 0. The van der Waals surface area contributed by atoms with Crippen molar-refractivity contribution in [3.8, 4) is 0 Å². The van der Waals surface area contributed by atoms with Gasteiger partial charge in [-0.25, -0.2) is 38.2 Å². The molecule has 0 atom stereocenters. The predicted octanol–water partition coefficient (Wildman–Crippen LogP) is 5.07. The van der Waals surface area contributed by atoms with Crippen LogP contribution in [0.25, 0.3) is 12.2 Å². The molecule has 2 aromatic rings. The molecule has 0 radical (unpaired) electrons. The molecule has 0 aliphatic carbocycles. The van der Waals surface area contributed by atoms with Crippen LogP contribution in [0.1, 0.15) is 11.1 Å². The van der Waals surface area contributed by atoms with E-state index in [4.69, 9.17) is 0 Å². The van der Waals surface area contributed by atoms with Crippen molar-refractivity contribution in [1.29, 1.82) is 0 Å². The van der Waals surface area contributed by atoms with E-state index >= 15 is 0 Å². The van der Waals surface area contributed by atoms with Crippen molar-refractivity contribution in [1.82, 2.24) is 0 Å². The van der Waals surface area contributed by atoms with Crippen LogP contribution in [-0.2, 0) is 19.5 Å². The quantitative estimate of drug-likeness (QED) is 0.537. The van der Waals surface area contributed by atoms with Gasteiger partial charge in [-0.1, -0.05) is 60.7 Å². The van der Waals surface area contributed by atoms with Crippen LogP contribution in [0.3, 0.4) is 0 Å². The van der Waals surface area contributed by atoms with Gasteiger partial charge in [0.05, 0.1) is 0 Å². The first-order chi connectivity index (χ1) is 8.86. The second-order valence-electron chi connectivity index (χ2n) is 3.63. The molecule has 0 heterocycles. The Balaban J connectivity index is 0.000000324. The van der Waals surface area contributed by atoms with E-state index in [0.29, 0.717) is 0 Å². The molecule has 2 rings (SSSR count). The molecular formula is C18H18Zn. The molecule has 0 amide bonds. The maximum Gasteiger partial charge on any atom is 2.00 e. The zero-order valence-corrected chi connectivity index (χ0v) is 14.2. The van der Waals surface area contributed by atoms with Crippen molar-refractivity contribution in [2.45, 2.75) is 0 Å². The van der Waals surface area contributed by atoms with E-state index in [0.717, 1.165) is 0 Å². The van der Waals surface area contributed by atoms with Gasteiger partial charge in [-0.05, 0) is 0 Å². The Morgan fingerprint density at radius 1 is 0.579 bits per heavy atom. The van der Waals surface area contributed by atoms with Gasteiger partial charge in [-0.2, -0.15) is 0 Å². The molecule has 0 bridgehead atoms. The summed E-state index contributed by atoms with van der Waals surface area (Å²) in [5.41, 5.74) is 2.40. The topological polar surface area (TPSA) is 0 Å². The van der Waals surface area contributed by atoms with Gasteiger partial charge in [0.1, 0.15) is 0 Å². The van der Waals surface area contributed by atoms with Crippen molar-refractivity contribution in [3.63, 3.8) is 0 Å². The predicted molar refractivity (Wildman–Crippen MR) is 81.7 cm³/mol. The van der Waals surface area contributed by atoms with Crippen LogP contribution in [0, 0.1) is 13.8 Å². The Morgan fingerprint density at radius 2 is 0.895 bits per heavy atom. The Labute approximate surface area is 129 Å². The zero-order chi connectivity index (χ0) is 13.1. The summed E-state index contributed by atoms with van der Waals surface area (Å²) in [6.45, 7) is 7.20. The summed E-state index contributed by atoms with van der Waals surface area (Å²) in [5.74, 6) is 0. The molecular weight excluding hydrogens is 282 g/mol. The molecule has 0 aliphatic rings. The summed E-state index contributed by atoms with van der Waals surface area (Å²) < 4.78 is 0. The fourth-order valence-corrected chi connectivity index (χ4v) is 1.40. The standard InChI is InChI=1S/2C9H9.Zn/c2*1-2-6-9-7-4-3-5-8-9;/h2*2-8H,1H2;/q2*-1;+2/b2*6-2+;. The second kappa shape index (κ2) is 11.4. The first kappa shape index (κ1) is 17.3. The number of allylic oxidation sites excluding steroid dienone is 2. The smallest absolute Gasteiger partial charge is 0.245 e. The second-order valence-corrected chi connectivity index (χ2v) is 3.63. The minimum Gasteiger partial charge on any atom is -0.245 e. The third-order valence-electron chi connectivity index (χ3n) is 2.22. The van der Waals surface area contributed by atoms with Gasteiger partial charge < -0.3 is 0 Å². The molecule has 0 fully saturated rings. The molecule has 0 aliphatic heterocycles. The van der Waals surface area contributed by atoms with Crippen molar-refractivity contribution in [2.24, 2.45) is 0 Å². The van der Waals surface area contributed by atoms with Gasteiger partial charge >= 0.3 is 19.5 Å². The van der Waals surface area contributed by atoms with Crippen LogP contribution in [0.2, 0.25) is 0 Å². The van der Waals surface area contributed by atoms with Crippen LogP contribution in [0.15, 0.2) is 72.8 Å². The van der Waals surface area contributed by atoms with Gasteiger partial charge in [0.25, 0.3) is 0 Å². The molecule has 19 heavy (non-hydrogen) atoms. The zero-order valence-electron chi connectivity index (χ0n) is 11.2. The normalized spacial score (nSPS) is 9.68. The Morgan fingerprint density at radius 3 is 1.16 bits per heavy atom. The first-order valence-corrected chi connectivity index (χ1v) is 5.88. The summed E-state index contributed by atoms with van der Waals surface area (Å²) in [6, 6.07) is 20.2. The van der Waals surface area contributed by atoms with E-state index in [1.165, 1.54) is 11.1 Å². The van der Waals surface area contributed by atoms with Crippen molar-refractivity contribution in [2.75, 3.05) is 0 Å². The van der Waals surface area contributed by atoms with E-state index in [2.05, 4.69) is 13.8 Å². The number of hydrogen-bond acceptors (Lipinski definition) is 0. The van der Waals surface area contributed by atoms with Crippen LogP contribution in [0.5, 0.6) is 0 Å². The molecule has 0 N–H and O–H groups in total. The summed E-state index contributed by atoms with van der Waals surface area (Å²) in [5, 5.41) is 0. The van der Waals surface area contributed by atoms with Crippen LogP contribution < -0.4 is 0 Å². The molecule has 1 heteroatoms. The fourth-order valence-electron chi connectivity index (χ4n) is 1.40. The van der Waals surface area contributed by atoms with Gasteiger partial charge in [-0.15, -0.1) is 11.1 Å². The third kappa shape index (κ3) is 8.07. The van der Waals surface area contributed by atoms with Gasteiger partial charge in [-0.3, -0.25) is 0 Å². The molecule has 0 unspecified atom stereocenters. The van der Waals surface area contributed by atoms with Crippen LogP contribution >= 0.6 is 0 Å². The largest absolute Gasteiger partial charge is 2.00 e. The average molecular weight is 300 g/mol. The average Bonchev–Trinajstić information content (AvgIpc) is 2.43. The van der Waals surface area contributed by atoms with E-state index in [1.807, 2.05) is 72.8 Å². The Hall–Kier alpha value is -1.72. The van der Waals surface area contributed by atoms with Gasteiger partial charge in [0.15, 0.2) is 0 Å². The molecule has 0 spiro atoms. The molecule has 92 valence electrons. The van der Waals surface area contributed by atoms with E-state index in [1.54, 1.807) is 12.2 Å².